The van der Waals surface area contributed by atoms with E-state index in [2.05, 4.69) is 12.2 Å². The van der Waals surface area contributed by atoms with Crippen molar-refractivity contribution in [3.05, 3.63) is 59.7 Å². The lowest BCUT2D eigenvalue weighted by molar-refractivity contribution is -0.116. The van der Waals surface area contributed by atoms with Crippen LogP contribution in [0.4, 0.5) is 5.69 Å². The van der Waals surface area contributed by atoms with Crippen LogP contribution in [0, 0.1) is 6.92 Å². The molecule has 1 N–H and O–H groups in total. The molecule has 3 nitrogen and oxygen atoms in total. The van der Waals surface area contributed by atoms with E-state index in [9.17, 15) is 4.79 Å². The van der Waals surface area contributed by atoms with Gasteiger partial charge in [0.25, 0.3) is 0 Å². The third-order valence-electron chi connectivity index (χ3n) is 3.26. The van der Waals surface area contributed by atoms with E-state index in [1.807, 2.05) is 55.5 Å². The molecule has 0 aliphatic rings. The summed E-state index contributed by atoms with van der Waals surface area (Å²) in [5.41, 5.74) is 3.27. The molecule has 2 aromatic carbocycles. The second kappa shape index (κ2) is 7.48. The summed E-state index contributed by atoms with van der Waals surface area (Å²) in [6.45, 7) is 4.51. The molecular formula is C18H21NO2. The number of rotatable bonds is 6. The van der Waals surface area contributed by atoms with Crippen LogP contribution in [0.5, 0.6) is 5.75 Å². The molecule has 0 heterocycles. The predicted octanol–water partition coefficient (Wildman–Crippen LogP) is 3.97. The van der Waals surface area contributed by atoms with Crippen molar-refractivity contribution in [2.45, 2.75) is 26.7 Å². The molecule has 1 amide bonds. The van der Waals surface area contributed by atoms with Crippen LogP contribution in [0.25, 0.3) is 0 Å². The average molecular weight is 283 g/mol. The molecule has 0 aromatic heterocycles. The maximum absolute atomic E-state index is 11.8. The Kier molecular flexibility index (Phi) is 5.38. The first kappa shape index (κ1) is 15.1. The highest BCUT2D eigenvalue weighted by Crippen LogP contribution is 2.13. The number of anilines is 1. The number of carbonyl (C=O) groups is 1. The van der Waals surface area contributed by atoms with Gasteiger partial charge in [0.2, 0.25) is 5.91 Å². The smallest absolute Gasteiger partial charge is 0.227 e. The van der Waals surface area contributed by atoms with Gasteiger partial charge in [0.1, 0.15) is 5.75 Å². The molecule has 0 aliphatic heterocycles. The Balaban J connectivity index is 1.74. The second-order valence-electron chi connectivity index (χ2n) is 5.01. The maximum atomic E-state index is 11.8. The summed E-state index contributed by atoms with van der Waals surface area (Å²) < 4.78 is 5.57. The lowest BCUT2D eigenvalue weighted by Gasteiger charge is -2.08. The first-order valence-corrected chi connectivity index (χ1v) is 7.25. The molecule has 0 radical (unpaired) electrons. The van der Waals surface area contributed by atoms with Gasteiger partial charge < -0.3 is 10.1 Å². The first-order valence-electron chi connectivity index (χ1n) is 7.25. The lowest BCUT2D eigenvalue weighted by Crippen LogP contribution is -2.15. The summed E-state index contributed by atoms with van der Waals surface area (Å²) in [5, 5.41) is 2.85. The Morgan fingerprint density at radius 1 is 1.05 bits per heavy atom. The Morgan fingerprint density at radius 3 is 2.33 bits per heavy atom. The van der Waals surface area contributed by atoms with Crippen molar-refractivity contribution in [2.75, 3.05) is 11.9 Å². The minimum absolute atomic E-state index is 0.0379. The minimum atomic E-state index is -0.0379. The number of carbonyl (C=O) groups excluding carboxylic acids is 1. The number of hydrogen-bond acceptors (Lipinski definition) is 2. The Bertz CT molecular complexity index is 573. The van der Waals surface area contributed by atoms with Crippen molar-refractivity contribution in [1.29, 1.82) is 0 Å². The molecule has 0 saturated heterocycles. The van der Waals surface area contributed by atoms with Crippen LogP contribution in [0.2, 0.25) is 0 Å². The van der Waals surface area contributed by atoms with E-state index >= 15 is 0 Å². The summed E-state index contributed by atoms with van der Waals surface area (Å²) in [7, 11) is 0. The van der Waals surface area contributed by atoms with Gasteiger partial charge in [0.15, 0.2) is 0 Å². The molecular weight excluding hydrogens is 262 g/mol. The summed E-state index contributed by atoms with van der Waals surface area (Å²) in [6, 6.07) is 15.7. The zero-order chi connectivity index (χ0) is 15.1. The third-order valence-corrected chi connectivity index (χ3v) is 3.26. The monoisotopic (exact) mass is 283 g/mol. The van der Waals surface area contributed by atoms with E-state index in [0.717, 1.165) is 17.9 Å². The molecule has 0 atom stereocenters. The highest BCUT2D eigenvalue weighted by atomic mass is 16.5. The fraction of sp³-hybridized carbons (Fsp3) is 0.278. The number of benzene rings is 2. The molecule has 2 rings (SSSR count). The van der Waals surface area contributed by atoms with Crippen molar-refractivity contribution < 1.29 is 9.53 Å². The largest absolute Gasteiger partial charge is 0.493 e. The average Bonchev–Trinajstić information content (AvgIpc) is 2.50. The highest BCUT2D eigenvalue weighted by molar-refractivity contribution is 5.90. The van der Waals surface area contributed by atoms with Crippen LogP contribution < -0.4 is 10.1 Å². The van der Waals surface area contributed by atoms with Crippen LogP contribution in [0.15, 0.2) is 48.5 Å². The first-order chi connectivity index (χ1) is 10.2. The normalized spacial score (nSPS) is 10.2. The van der Waals surface area contributed by atoms with Gasteiger partial charge in [0.05, 0.1) is 13.0 Å². The highest BCUT2D eigenvalue weighted by Gasteiger charge is 2.03. The van der Waals surface area contributed by atoms with E-state index in [0.29, 0.717) is 13.0 Å². The molecule has 0 spiro atoms. The minimum Gasteiger partial charge on any atom is -0.493 e. The number of ether oxygens (including phenoxy) is 1. The van der Waals surface area contributed by atoms with Crippen LogP contribution in [-0.2, 0) is 11.2 Å². The summed E-state index contributed by atoms with van der Waals surface area (Å²) in [4.78, 5) is 11.8. The summed E-state index contributed by atoms with van der Waals surface area (Å²) >= 11 is 0. The van der Waals surface area contributed by atoms with Crippen molar-refractivity contribution in [3.8, 4) is 5.75 Å². The van der Waals surface area contributed by atoms with E-state index < -0.39 is 0 Å². The molecule has 0 saturated carbocycles. The second-order valence-corrected chi connectivity index (χ2v) is 5.01. The number of amides is 1. The summed E-state index contributed by atoms with van der Waals surface area (Å²) in [5.74, 6) is 0.763. The molecule has 21 heavy (non-hydrogen) atoms. The molecule has 0 fully saturated rings. The van der Waals surface area contributed by atoms with Crippen molar-refractivity contribution in [1.82, 2.24) is 0 Å². The number of nitrogens with one attached hydrogen (secondary N) is 1. The number of aryl methyl sites for hydroxylation is 2. The van der Waals surface area contributed by atoms with Gasteiger partial charge in [-0.1, -0.05) is 36.8 Å². The van der Waals surface area contributed by atoms with Gasteiger partial charge in [-0.2, -0.15) is 0 Å². The molecule has 2 aromatic rings. The Morgan fingerprint density at radius 2 is 1.71 bits per heavy atom. The van der Waals surface area contributed by atoms with Crippen molar-refractivity contribution >= 4 is 11.6 Å². The SMILES string of the molecule is CCc1ccc(OCCC(=O)Nc2ccc(C)cc2)cc1. The number of hydrogen-bond donors (Lipinski definition) is 1. The lowest BCUT2D eigenvalue weighted by atomic mass is 10.2. The third kappa shape index (κ3) is 4.95. The molecule has 0 unspecified atom stereocenters. The quantitative estimate of drug-likeness (QED) is 0.871. The van der Waals surface area contributed by atoms with Gasteiger partial charge >= 0.3 is 0 Å². The van der Waals surface area contributed by atoms with Gasteiger partial charge in [-0.3, -0.25) is 4.79 Å². The fourth-order valence-electron chi connectivity index (χ4n) is 1.94. The Labute approximate surface area is 126 Å². The van der Waals surface area contributed by atoms with E-state index in [-0.39, 0.29) is 5.91 Å². The van der Waals surface area contributed by atoms with Crippen LogP contribution in [-0.4, -0.2) is 12.5 Å². The van der Waals surface area contributed by atoms with Crippen LogP contribution in [0.3, 0.4) is 0 Å². The van der Waals surface area contributed by atoms with E-state index in [1.165, 1.54) is 11.1 Å². The van der Waals surface area contributed by atoms with Crippen LogP contribution >= 0.6 is 0 Å². The van der Waals surface area contributed by atoms with Gasteiger partial charge in [-0.15, -0.1) is 0 Å². The van der Waals surface area contributed by atoms with Crippen molar-refractivity contribution in [2.24, 2.45) is 0 Å². The molecule has 110 valence electrons. The fourth-order valence-corrected chi connectivity index (χ4v) is 1.94. The van der Waals surface area contributed by atoms with Gasteiger partial charge in [-0.25, -0.2) is 0 Å². The topological polar surface area (TPSA) is 38.3 Å². The Hall–Kier alpha value is -2.29. The van der Waals surface area contributed by atoms with E-state index in [4.69, 9.17) is 4.74 Å². The van der Waals surface area contributed by atoms with Gasteiger partial charge in [0, 0.05) is 5.69 Å². The zero-order valence-corrected chi connectivity index (χ0v) is 12.6. The molecule has 0 aliphatic carbocycles. The zero-order valence-electron chi connectivity index (χ0n) is 12.6. The van der Waals surface area contributed by atoms with Crippen LogP contribution in [0.1, 0.15) is 24.5 Å². The van der Waals surface area contributed by atoms with Gasteiger partial charge in [-0.05, 0) is 43.2 Å². The standard InChI is InChI=1S/C18H21NO2/c1-3-15-6-10-17(11-7-15)21-13-12-18(20)19-16-8-4-14(2)5-9-16/h4-11H,3,12-13H2,1-2H3,(H,19,20). The predicted molar refractivity (Wildman–Crippen MR) is 85.7 cm³/mol. The molecule has 0 bridgehead atoms. The van der Waals surface area contributed by atoms with E-state index in [1.54, 1.807) is 0 Å². The maximum Gasteiger partial charge on any atom is 0.227 e. The van der Waals surface area contributed by atoms with Crippen molar-refractivity contribution in [3.63, 3.8) is 0 Å². The summed E-state index contributed by atoms with van der Waals surface area (Å²) in [6.07, 6.45) is 1.35. The molecule has 3 heteroatoms.